The minimum Gasteiger partial charge on any atom is -0.460 e. The second kappa shape index (κ2) is 8.04. The molecule has 0 atom stereocenters. The molecule has 8 heteroatoms. The molecule has 0 radical (unpaired) electrons. The Hall–Kier alpha value is -4.20. The van der Waals surface area contributed by atoms with Crippen molar-refractivity contribution >= 4 is 29.4 Å². The SMILES string of the molecule is O=C(OCCN1C(=O)c2ccccc2C1=O)c1ccc(NC(=O)c2ccco2)cc1. The third-order valence-corrected chi connectivity index (χ3v) is 4.55. The van der Waals surface area contributed by atoms with E-state index in [4.69, 9.17) is 9.15 Å². The van der Waals surface area contributed by atoms with Crippen LogP contribution in [0.25, 0.3) is 0 Å². The van der Waals surface area contributed by atoms with E-state index in [1.807, 2.05) is 0 Å². The summed E-state index contributed by atoms with van der Waals surface area (Å²) in [7, 11) is 0. The molecule has 0 bridgehead atoms. The van der Waals surface area contributed by atoms with Crippen molar-refractivity contribution in [3.8, 4) is 0 Å². The summed E-state index contributed by atoms with van der Waals surface area (Å²) in [5.41, 5.74) is 1.45. The number of nitrogens with zero attached hydrogens (tertiary/aromatic N) is 1. The molecule has 1 N–H and O–H groups in total. The summed E-state index contributed by atoms with van der Waals surface area (Å²) in [5.74, 6) is -1.63. The lowest BCUT2D eigenvalue weighted by molar-refractivity contribution is 0.0420. The van der Waals surface area contributed by atoms with Crippen LogP contribution < -0.4 is 5.32 Å². The van der Waals surface area contributed by atoms with Crippen LogP contribution in [0.2, 0.25) is 0 Å². The van der Waals surface area contributed by atoms with Crippen molar-refractivity contribution in [2.75, 3.05) is 18.5 Å². The van der Waals surface area contributed by atoms with Crippen LogP contribution in [0.1, 0.15) is 41.6 Å². The van der Waals surface area contributed by atoms with Crippen molar-refractivity contribution in [1.82, 2.24) is 4.90 Å². The summed E-state index contributed by atoms with van der Waals surface area (Å²) in [6, 6.07) is 15.8. The number of nitrogens with one attached hydrogen (secondary N) is 1. The fourth-order valence-electron chi connectivity index (χ4n) is 3.05. The van der Waals surface area contributed by atoms with Gasteiger partial charge in [-0.1, -0.05) is 12.1 Å². The number of benzene rings is 2. The van der Waals surface area contributed by atoms with Gasteiger partial charge in [0.05, 0.1) is 29.5 Å². The average Bonchev–Trinajstić information content (AvgIpc) is 3.38. The Morgan fingerprint density at radius 1 is 0.900 bits per heavy atom. The van der Waals surface area contributed by atoms with E-state index in [-0.39, 0.29) is 24.5 Å². The molecule has 1 aliphatic heterocycles. The second-order valence-corrected chi connectivity index (χ2v) is 6.45. The molecule has 3 aromatic rings. The van der Waals surface area contributed by atoms with E-state index < -0.39 is 23.7 Å². The summed E-state index contributed by atoms with van der Waals surface area (Å²) in [6.07, 6.45) is 1.40. The number of fused-ring (bicyclic) bond motifs is 1. The smallest absolute Gasteiger partial charge is 0.338 e. The molecule has 150 valence electrons. The molecule has 0 saturated heterocycles. The van der Waals surface area contributed by atoms with Gasteiger partial charge in [0.1, 0.15) is 6.61 Å². The Labute approximate surface area is 171 Å². The number of carbonyl (C=O) groups is 4. The van der Waals surface area contributed by atoms with Gasteiger partial charge in [0.25, 0.3) is 17.7 Å². The lowest BCUT2D eigenvalue weighted by Gasteiger charge is -2.13. The van der Waals surface area contributed by atoms with Gasteiger partial charge in [-0.3, -0.25) is 19.3 Å². The Kier molecular flexibility index (Phi) is 5.13. The van der Waals surface area contributed by atoms with Gasteiger partial charge in [0.2, 0.25) is 0 Å². The zero-order valence-electron chi connectivity index (χ0n) is 15.7. The number of rotatable bonds is 6. The van der Waals surface area contributed by atoms with E-state index in [2.05, 4.69) is 5.32 Å². The van der Waals surface area contributed by atoms with Gasteiger partial charge < -0.3 is 14.5 Å². The van der Waals surface area contributed by atoms with Crippen LogP contribution in [0.4, 0.5) is 5.69 Å². The highest BCUT2D eigenvalue weighted by atomic mass is 16.5. The summed E-state index contributed by atoms with van der Waals surface area (Å²) in [5, 5.41) is 2.64. The first-order chi connectivity index (χ1) is 14.5. The summed E-state index contributed by atoms with van der Waals surface area (Å²) < 4.78 is 10.2. The highest BCUT2D eigenvalue weighted by Gasteiger charge is 2.34. The van der Waals surface area contributed by atoms with Gasteiger partial charge in [-0.25, -0.2) is 4.79 Å². The number of hydrogen-bond donors (Lipinski definition) is 1. The molecule has 0 spiro atoms. The third-order valence-electron chi connectivity index (χ3n) is 4.55. The van der Waals surface area contributed by atoms with E-state index in [0.717, 1.165) is 4.90 Å². The number of anilines is 1. The number of ether oxygens (including phenoxy) is 1. The van der Waals surface area contributed by atoms with Gasteiger partial charge in [-0.15, -0.1) is 0 Å². The summed E-state index contributed by atoms with van der Waals surface area (Å²) in [6.45, 7) is -0.156. The number of amides is 3. The first-order valence-corrected chi connectivity index (χ1v) is 9.12. The molecular formula is C22H16N2O6. The Morgan fingerprint density at radius 3 is 2.17 bits per heavy atom. The van der Waals surface area contributed by atoms with Gasteiger partial charge >= 0.3 is 5.97 Å². The van der Waals surface area contributed by atoms with Crippen molar-refractivity contribution in [2.45, 2.75) is 0 Å². The fourth-order valence-corrected chi connectivity index (χ4v) is 3.05. The van der Waals surface area contributed by atoms with Crippen LogP contribution in [0.15, 0.2) is 71.3 Å². The van der Waals surface area contributed by atoms with Gasteiger partial charge in [-0.2, -0.15) is 0 Å². The van der Waals surface area contributed by atoms with Crippen LogP contribution in [0, 0.1) is 0 Å². The zero-order valence-corrected chi connectivity index (χ0v) is 15.7. The summed E-state index contributed by atoms with van der Waals surface area (Å²) in [4.78, 5) is 49.8. The predicted octanol–water partition coefficient (Wildman–Crippen LogP) is 2.98. The fraction of sp³-hybridized carbons (Fsp3) is 0.0909. The maximum absolute atomic E-state index is 12.3. The molecule has 1 aliphatic rings. The standard InChI is InChI=1S/C22H16N2O6/c25-19(18-6-3-12-29-18)23-15-9-7-14(8-10-15)22(28)30-13-11-24-20(26)16-4-1-2-5-17(16)21(24)27/h1-10,12H,11,13H2,(H,23,25). The molecule has 0 unspecified atom stereocenters. The van der Waals surface area contributed by atoms with Crippen LogP contribution in [0.3, 0.4) is 0 Å². The van der Waals surface area contributed by atoms with E-state index >= 15 is 0 Å². The maximum Gasteiger partial charge on any atom is 0.338 e. The quantitative estimate of drug-likeness (QED) is 0.500. The maximum atomic E-state index is 12.3. The van der Waals surface area contributed by atoms with Crippen molar-refractivity contribution in [3.63, 3.8) is 0 Å². The molecule has 30 heavy (non-hydrogen) atoms. The monoisotopic (exact) mass is 404 g/mol. The number of furan rings is 1. The highest BCUT2D eigenvalue weighted by molar-refractivity contribution is 6.21. The normalized spacial score (nSPS) is 12.6. The van der Waals surface area contributed by atoms with Crippen LogP contribution in [0.5, 0.6) is 0 Å². The summed E-state index contributed by atoms with van der Waals surface area (Å²) >= 11 is 0. The molecule has 2 aromatic carbocycles. The molecule has 0 fully saturated rings. The molecule has 0 saturated carbocycles. The number of carbonyl (C=O) groups excluding carboxylic acids is 4. The van der Waals surface area contributed by atoms with E-state index in [9.17, 15) is 19.2 Å². The highest BCUT2D eigenvalue weighted by Crippen LogP contribution is 2.22. The van der Waals surface area contributed by atoms with Crippen molar-refractivity contribution in [3.05, 3.63) is 89.4 Å². The molecule has 3 amide bonds. The first-order valence-electron chi connectivity index (χ1n) is 9.12. The molecule has 1 aromatic heterocycles. The second-order valence-electron chi connectivity index (χ2n) is 6.45. The number of hydrogen-bond acceptors (Lipinski definition) is 6. The van der Waals surface area contributed by atoms with Crippen LogP contribution >= 0.6 is 0 Å². The minimum absolute atomic E-state index is 0.0324. The molecule has 2 heterocycles. The van der Waals surface area contributed by atoms with E-state index in [1.165, 1.54) is 24.5 Å². The Bertz CT molecular complexity index is 1080. The minimum atomic E-state index is -0.601. The molecule has 4 rings (SSSR count). The first kappa shape index (κ1) is 19.1. The molecular weight excluding hydrogens is 388 g/mol. The Morgan fingerprint density at radius 2 is 1.57 bits per heavy atom. The Balaban J connectivity index is 1.30. The van der Waals surface area contributed by atoms with Crippen molar-refractivity contribution in [2.24, 2.45) is 0 Å². The van der Waals surface area contributed by atoms with E-state index in [1.54, 1.807) is 42.5 Å². The lowest BCUT2D eigenvalue weighted by atomic mass is 10.1. The zero-order chi connectivity index (χ0) is 21.1. The number of imide groups is 1. The van der Waals surface area contributed by atoms with Gasteiger partial charge in [-0.05, 0) is 48.5 Å². The van der Waals surface area contributed by atoms with E-state index in [0.29, 0.717) is 16.8 Å². The predicted molar refractivity (Wildman–Crippen MR) is 105 cm³/mol. The molecule has 0 aliphatic carbocycles. The van der Waals surface area contributed by atoms with Crippen molar-refractivity contribution < 1.29 is 28.3 Å². The van der Waals surface area contributed by atoms with Crippen LogP contribution in [-0.4, -0.2) is 41.7 Å². The topological polar surface area (TPSA) is 106 Å². The van der Waals surface area contributed by atoms with Crippen LogP contribution in [-0.2, 0) is 4.74 Å². The number of esters is 1. The average molecular weight is 404 g/mol. The van der Waals surface area contributed by atoms with Gasteiger partial charge in [0.15, 0.2) is 5.76 Å². The third kappa shape index (κ3) is 3.70. The van der Waals surface area contributed by atoms with Gasteiger partial charge in [0, 0.05) is 5.69 Å². The molecule has 8 nitrogen and oxygen atoms in total. The lowest BCUT2D eigenvalue weighted by Crippen LogP contribution is -2.33. The van der Waals surface area contributed by atoms with Crippen molar-refractivity contribution in [1.29, 1.82) is 0 Å². The largest absolute Gasteiger partial charge is 0.460 e.